The van der Waals surface area contributed by atoms with Gasteiger partial charge in [-0.3, -0.25) is 9.78 Å². The first-order chi connectivity index (χ1) is 17.1. The van der Waals surface area contributed by atoms with Crippen molar-refractivity contribution in [2.75, 3.05) is 24.6 Å². The number of ether oxygens (including phenoxy) is 1. The molecule has 7 heteroatoms. The summed E-state index contributed by atoms with van der Waals surface area (Å²) in [5, 5.41) is 5.32. The van der Waals surface area contributed by atoms with E-state index >= 15 is 0 Å². The van der Waals surface area contributed by atoms with E-state index < -0.39 is 0 Å². The van der Waals surface area contributed by atoms with Crippen molar-refractivity contribution in [2.45, 2.75) is 18.9 Å². The first kappa shape index (κ1) is 22.2. The van der Waals surface area contributed by atoms with Gasteiger partial charge in [-0.25, -0.2) is 0 Å². The van der Waals surface area contributed by atoms with E-state index in [0.717, 1.165) is 65.0 Å². The van der Waals surface area contributed by atoms with Gasteiger partial charge in [-0.1, -0.05) is 59.6 Å². The zero-order valence-corrected chi connectivity index (χ0v) is 20.4. The van der Waals surface area contributed by atoms with Crippen molar-refractivity contribution in [1.29, 1.82) is 0 Å². The number of aromatic nitrogens is 1. The summed E-state index contributed by atoms with van der Waals surface area (Å²) in [4.78, 5) is 20.7. The summed E-state index contributed by atoms with van der Waals surface area (Å²) in [6, 6.07) is 19.3. The lowest BCUT2D eigenvalue weighted by molar-refractivity contribution is 0.0925. The molecule has 0 bridgehead atoms. The molecule has 0 saturated carbocycles. The van der Waals surface area contributed by atoms with Gasteiger partial charge in [0.2, 0.25) is 0 Å². The molecule has 6 rings (SSSR count). The maximum atomic E-state index is 13.6. The van der Waals surface area contributed by atoms with E-state index in [9.17, 15) is 4.79 Å². The lowest BCUT2D eigenvalue weighted by Crippen LogP contribution is -2.40. The van der Waals surface area contributed by atoms with Crippen LogP contribution in [0.4, 0.5) is 5.69 Å². The monoisotopic (exact) mass is 503 g/mol. The lowest BCUT2D eigenvalue weighted by atomic mass is 9.97. The molecule has 0 radical (unpaired) electrons. The Hall–Kier alpha value is -3.28. The van der Waals surface area contributed by atoms with Gasteiger partial charge in [0.15, 0.2) is 0 Å². The van der Waals surface area contributed by atoms with Gasteiger partial charge in [-0.15, -0.1) is 0 Å². The Labute approximate surface area is 213 Å². The Kier molecular flexibility index (Phi) is 5.75. The zero-order valence-electron chi connectivity index (χ0n) is 18.9. The first-order valence-electron chi connectivity index (χ1n) is 11.7. The maximum Gasteiger partial charge on any atom is 0.255 e. The van der Waals surface area contributed by atoms with Gasteiger partial charge >= 0.3 is 0 Å². The highest BCUT2D eigenvalue weighted by Gasteiger charge is 2.28. The van der Waals surface area contributed by atoms with E-state index in [1.165, 1.54) is 0 Å². The topological polar surface area (TPSA) is 54.5 Å². The van der Waals surface area contributed by atoms with E-state index in [1.807, 2.05) is 54.6 Å². The minimum absolute atomic E-state index is 0.104. The molecule has 2 aliphatic heterocycles. The number of hydrogen-bond donors (Lipinski definition) is 1. The molecule has 2 aliphatic rings. The van der Waals surface area contributed by atoms with Crippen LogP contribution in [0.25, 0.3) is 22.0 Å². The standard InChI is InChI=1S/C28H23Cl2N3O2/c29-18-13-17(14-19(30)15-18)20-6-3-7-22-26(20)31-16-23(27(22)33-10-4-11-33)28(34)32-24-9-12-35-25-8-2-1-5-21(24)25/h1-3,5-8,13-16,24H,4,9-12H2,(H,32,34)/t24-/m0/s1. The molecule has 1 aromatic heterocycles. The molecule has 0 spiro atoms. The van der Waals surface area contributed by atoms with Crippen LogP contribution < -0.4 is 15.0 Å². The van der Waals surface area contributed by atoms with Crippen molar-refractivity contribution in [2.24, 2.45) is 0 Å². The number of amides is 1. The number of carbonyl (C=O) groups is 1. The van der Waals surface area contributed by atoms with Crippen molar-refractivity contribution >= 4 is 45.7 Å². The van der Waals surface area contributed by atoms with Crippen LogP contribution in [0.2, 0.25) is 10.0 Å². The SMILES string of the molecule is O=C(N[C@H]1CCOc2ccccc21)c1cnc2c(-c3cc(Cl)cc(Cl)c3)cccc2c1N1CCC1. The highest BCUT2D eigenvalue weighted by Crippen LogP contribution is 2.39. The molecule has 1 atom stereocenters. The van der Waals surface area contributed by atoms with Crippen LogP contribution in [0.5, 0.6) is 5.75 Å². The first-order valence-corrected chi connectivity index (χ1v) is 12.5. The predicted molar refractivity (Wildman–Crippen MR) is 141 cm³/mol. The van der Waals surface area contributed by atoms with Crippen LogP contribution >= 0.6 is 23.2 Å². The second-order valence-corrected chi connectivity index (χ2v) is 9.79. The van der Waals surface area contributed by atoms with Crippen molar-refractivity contribution in [3.8, 4) is 16.9 Å². The summed E-state index contributed by atoms with van der Waals surface area (Å²) < 4.78 is 5.77. The van der Waals surface area contributed by atoms with Crippen LogP contribution in [-0.4, -0.2) is 30.6 Å². The van der Waals surface area contributed by atoms with E-state index in [-0.39, 0.29) is 11.9 Å². The smallest absolute Gasteiger partial charge is 0.255 e. The second kappa shape index (κ2) is 9.06. The number of benzene rings is 3. The van der Waals surface area contributed by atoms with Gasteiger partial charge in [0, 0.05) is 52.3 Å². The van der Waals surface area contributed by atoms with Gasteiger partial charge < -0.3 is 15.0 Å². The van der Waals surface area contributed by atoms with Crippen LogP contribution in [0.15, 0.2) is 66.9 Å². The molecule has 0 unspecified atom stereocenters. The Morgan fingerprint density at radius 2 is 1.83 bits per heavy atom. The number of rotatable bonds is 4. The number of halogens is 2. The predicted octanol–water partition coefficient (Wildman–Crippen LogP) is 6.67. The largest absolute Gasteiger partial charge is 0.493 e. The van der Waals surface area contributed by atoms with Gasteiger partial charge in [-0.2, -0.15) is 0 Å². The molecule has 0 aliphatic carbocycles. The van der Waals surface area contributed by atoms with Crippen LogP contribution in [0, 0.1) is 0 Å². The summed E-state index contributed by atoms with van der Waals surface area (Å²) in [5.74, 6) is 0.702. The number of para-hydroxylation sites is 2. The average Bonchev–Trinajstić information content (AvgIpc) is 2.82. The zero-order chi connectivity index (χ0) is 23.9. The fraction of sp³-hybridized carbons (Fsp3) is 0.214. The van der Waals surface area contributed by atoms with Gasteiger partial charge in [-0.05, 0) is 36.2 Å². The molecular weight excluding hydrogens is 481 g/mol. The van der Waals surface area contributed by atoms with Gasteiger partial charge in [0.05, 0.1) is 29.4 Å². The normalized spacial score (nSPS) is 16.9. The quantitative estimate of drug-likeness (QED) is 0.337. The van der Waals surface area contributed by atoms with E-state index in [1.54, 1.807) is 12.3 Å². The van der Waals surface area contributed by atoms with Gasteiger partial charge in [0.25, 0.3) is 5.91 Å². The second-order valence-electron chi connectivity index (χ2n) is 8.92. The fourth-order valence-electron chi connectivity index (χ4n) is 4.93. The molecule has 1 fully saturated rings. The minimum Gasteiger partial charge on any atom is -0.493 e. The Morgan fingerprint density at radius 1 is 1.03 bits per heavy atom. The maximum absolute atomic E-state index is 13.6. The lowest BCUT2D eigenvalue weighted by Gasteiger charge is -2.36. The molecule has 35 heavy (non-hydrogen) atoms. The summed E-state index contributed by atoms with van der Waals surface area (Å²) in [6.45, 7) is 2.39. The number of anilines is 1. The van der Waals surface area contributed by atoms with Crippen LogP contribution in [0.1, 0.15) is 34.8 Å². The molecule has 3 aromatic carbocycles. The van der Waals surface area contributed by atoms with Crippen molar-refractivity contribution in [1.82, 2.24) is 10.3 Å². The summed E-state index contributed by atoms with van der Waals surface area (Å²) in [7, 11) is 0. The van der Waals surface area contributed by atoms with Crippen LogP contribution in [-0.2, 0) is 0 Å². The number of nitrogens with zero attached hydrogens (tertiary/aromatic N) is 2. The van der Waals surface area contributed by atoms with E-state index in [4.69, 9.17) is 32.9 Å². The van der Waals surface area contributed by atoms with Crippen molar-refractivity contribution in [3.63, 3.8) is 0 Å². The minimum atomic E-state index is -0.126. The molecular formula is C28H23Cl2N3O2. The number of pyridine rings is 1. The number of carbonyl (C=O) groups excluding carboxylic acids is 1. The number of nitrogens with one attached hydrogen (secondary N) is 1. The summed E-state index contributed by atoms with van der Waals surface area (Å²) in [5.41, 5.74) is 5.16. The number of hydrogen-bond acceptors (Lipinski definition) is 4. The third-order valence-corrected chi connectivity index (χ3v) is 7.16. The molecule has 176 valence electrons. The molecule has 1 N–H and O–H groups in total. The Balaban J connectivity index is 1.43. The molecule has 4 aromatic rings. The van der Waals surface area contributed by atoms with Crippen LogP contribution in [0.3, 0.4) is 0 Å². The highest BCUT2D eigenvalue weighted by atomic mass is 35.5. The fourth-order valence-corrected chi connectivity index (χ4v) is 5.45. The molecule has 5 nitrogen and oxygen atoms in total. The van der Waals surface area contributed by atoms with Gasteiger partial charge in [0.1, 0.15) is 5.75 Å². The highest BCUT2D eigenvalue weighted by molar-refractivity contribution is 6.35. The summed E-state index contributed by atoms with van der Waals surface area (Å²) in [6.07, 6.45) is 3.52. The number of fused-ring (bicyclic) bond motifs is 2. The molecule has 3 heterocycles. The van der Waals surface area contributed by atoms with Crippen molar-refractivity contribution in [3.05, 3.63) is 88.0 Å². The molecule has 1 saturated heterocycles. The average molecular weight is 504 g/mol. The van der Waals surface area contributed by atoms with E-state index in [2.05, 4.69) is 10.2 Å². The third-order valence-electron chi connectivity index (χ3n) is 6.72. The third kappa shape index (κ3) is 4.09. The Bertz CT molecular complexity index is 1430. The molecule has 1 amide bonds. The summed E-state index contributed by atoms with van der Waals surface area (Å²) >= 11 is 12.6. The Morgan fingerprint density at radius 3 is 2.60 bits per heavy atom. The van der Waals surface area contributed by atoms with E-state index in [0.29, 0.717) is 22.2 Å². The van der Waals surface area contributed by atoms with Crippen molar-refractivity contribution < 1.29 is 9.53 Å².